The molecule has 18 heavy (non-hydrogen) atoms. The standard InChI is InChI=1S/C10H21N3O3S.ClH/c1-17(15,16)13-6-5-12-10(14)9-4-2-3-8(9)7-11;/h8-9,13H,2-7,11H2,1H3,(H,12,14);1H/t8-,9-;/m1./s1. The lowest BCUT2D eigenvalue weighted by Crippen LogP contribution is -2.39. The Balaban J connectivity index is 0.00000289. The Morgan fingerprint density at radius 1 is 1.33 bits per heavy atom. The molecule has 0 saturated heterocycles. The first kappa shape index (κ1) is 17.6. The summed E-state index contributed by atoms with van der Waals surface area (Å²) in [5, 5.41) is 2.74. The molecule has 1 aliphatic rings. The molecule has 0 radical (unpaired) electrons. The highest BCUT2D eigenvalue weighted by molar-refractivity contribution is 7.88. The molecule has 0 aromatic rings. The van der Waals surface area contributed by atoms with Gasteiger partial charge in [0, 0.05) is 19.0 Å². The lowest BCUT2D eigenvalue weighted by Gasteiger charge is -2.17. The van der Waals surface area contributed by atoms with Gasteiger partial charge in [-0.3, -0.25) is 4.79 Å². The molecule has 4 N–H and O–H groups in total. The second-order valence-corrected chi connectivity index (χ2v) is 6.32. The summed E-state index contributed by atoms with van der Waals surface area (Å²) in [5.74, 6) is 0.268. The second-order valence-electron chi connectivity index (χ2n) is 4.49. The number of nitrogens with two attached hydrogens (primary N) is 1. The van der Waals surface area contributed by atoms with Crippen molar-refractivity contribution < 1.29 is 13.2 Å². The Kier molecular flexibility index (Phi) is 7.77. The predicted molar refractivity (Wildman–Crippen MR) is 73.0 cm³/mol. The minimum atomic E-state index is -3.18. The summed E-state index contributed by atoms with van der Waals surface area (Å²) in [4.78, 5) is 11.8. The Bertz CT molecular complexity index is 361. The normalized spacial score (nSPS) is 23.4. The number of sulfonamides is 1. The summed E-state index contributed by atoms with van der Waals surface area (Å²) >= 11 is 0. The van der Waals surface area contributed by atoms with Gasteiger partial charge in [0.15, 0.2) is 0 Å². The van der Waals surface area contributed by atoms with Crippen LogP contribution < -0.4 is 15.8 Å². The van der Waals surface area contributed by atoms with Gasteiger partial charge >= 0.3 is 0 Å². The number of hydrogen-bond donors (Lipinski definition) is 3. The maximum atomic E-state index is 11.8. The molecule has 1 fully saturated rings. The van der Waals surface area contributed by atoms with Crippen LogP contribution in [0.3, 0.4) is 0 Å². The van der Waals surface area contributed by atoms with Gasteiger partial charge in [0.2, 0.25) is 15.9 Å². The van der Waals surface area contributed by atoms with E-state index in [1.165, 1.54) is 0 Å². The van der Waals surface area contributed by atoms with Gasteiger partial charge in [-0.05, 0) is 25.3 Å². The number of hydrogen-bond acceptors (Lipinski definition) is 4. The molecule has 0 spiro atoms. The van der Waals surface area contributed by atoms with E-state index in [2.05, 4.69) is 10.0 Å². The van der Waals surface area contributed by atoms with Gasteiger partial charge < -0.3 is 11.1 Å². The Labute approximate surface area is 115 Å². The van der Waals surface area contributed by atoms with E-state index in [0.717, 1.165) is 25.5 Å². The third-order valence-electron chi connectivity index (χ3n) is 3.09. The van der Waals surface area contributed by atoms with Gasteiger partial charge in [-0.2, -0.15) is 0 Å². The van der Waals surface area contributed by atoms with Crippen LogP contribution in [0, 0.1) is 11.8 Å². The maximum absolute atomic E-state index is 11.8. The SMILES string of the molecule is CS(=O)(=O)NCCNC(=O)[C@@H]1CCC[C@@H]1CN.Cl. The van der Waals surface area contributed by atoms with Gasteiger partial charge in [-0.25, -0.2) is 13.1 Å². The first-order valence-electron chi connectivity index (χ1n) is 5.86. The molecule has 0 bridgehead atoms. The van der Waals surface area contributed by atoms with Gasteiger partial charge in [0.25, 0.3) is 0 Å². The van der Waals surface area contributed by atoms with Crippen LogP contribution in [0.2, 0.25) is 0 Å². The molecule has 1 amide bonds. The molecule has 6 nitrogen and oxygen atoms in total. The summed E-state index contributed by atoms with van der Waals surface area (Å²) in [5.41, 5.74) is 5.60. The number of rotatable bonds is 6. The molecule has 0 heterocycles. The van der Waals surface area contributed by atoms with Crippen molar-refractivity contribution in [2.24, 2.45) is 17.6 Å². The van der Waals surface area contributed by atoms with Crippen molar-refractivity contribution in [3.63, 3.8) is 0 Å². The van der Waals surface area contributed by atoms with Gasteiger partial charge in [-0.1, -0.05) is 6.42 Å². The third-order valence-corrected chi connectivity index (χ3v) is 3.82. The zero-order valence-corrected chi connectivity index (χ0v) is 12.1. The van der Waals surface area contributed by atoms with Crippen molar-refractivity contribution in [2.45, 2.75) is 19.3 Å². The van der Waals surface area contributed by atoms with Crippen molar-refractivity contribution in [2.75, 3.05) is 25.9 Å². The highest BCUT2D eigenvalue weighted by Gasteiger charge is 2.31. The van der Waals surface area contributed by atoms with Crippen LogP contribution in [0.4, 0.5) is 0 Å². The van der Waals surface area contributed by atoms with Crippen LogP contribution in [0.25, 0.3) is 0 Å². The van der Waals surface area contributed by atoms with Crippen LogP contribution in [0.5, 0.6) is 0 Å². The van der Waals surface area contributed by atoms with Gasteiger partial charge in [0.05, 0.1) is 6.26 Å². The smallest absolute Gasteiger partial charge is 0.223 e. The van der Waals surface area contributed by atoms with E-state index in [-0.39, 0.29) is 36.7 Å². The molecule has 1 aliphatic carbocycles. The zero-order chi connectivity index (χ0) is 12.9. The van der Waals surface area contributed by atoms with Crippen molar-refractivity contribution >= 4 is 28.3 Å². The van der Waals surface area contributed by atoms with Crippen molar-refractivity contribution in [3.8, 4) is 0 Å². The highest BCUT2D eigenvalue weighted by atomic mass is 35.5. The summed E-state index contributed by atoms with van der Waals surface area (Å²) < 4.78 is 23.9. The van der Waals surface area contributed by atoms with Crippen LogP contribution in [-0.4, -0.2) is 40.2 Å². The number of halogens is 1. The molecule has 108 valence electrons. The minimum Gasteiger partial charge on any atom is -0.355 e. The lowest BCUT2D eigenvalue weighted by atomic mass is 9.95. The molecule has 0 unspecified atom stereocenters. The maximum Gasteiger partial charge on any atom is 0.223 e. The van der Waals surface area contributed by atoms with Crippen LogP contribution >= 0.6 is 12.4 Å². The van der Waals surface area contributed by atoms with Gasteiger partial charge in [0.1, 0.15) is 0 Å². The van der Waals surface area contributed by atoms with Gasteiger partial charge in [-0.15, -0.1) is 12.4 Å². The van der Waals surface area contributed by atoms with Crippen molar-refractivity contribution in [3.05, 3.63) is 0 Å². The summed E-state index contributed by atoms with van der Waals surface area (Å²) in [6.45, 7) is 1.09. The van der Waals surface area contributed by atoms with E-state index in [1.54, 1.807) is 0 Å². The van der Waals surface area contributed by atoms with E-state index >= 15 is 0 Å². The predicted octanol–water partition coefficient (Wildman–Crippen LogP) is -0.551. The van der Waals surface area contributed by atoms with Crippen LogP contribution in [-0.2, 0) is 14.8 Å². The fourth-order valence-corrected chi connectivity index (χ4v) is 2.69. The number of amides is 1. The molecular weight excluding hydrogens is 278 g/mol. The number of nitrogens with one attached hydrogen (secondary N) is 2. The van der Waals surface area contributed by atoms with Crippen LogP contribution in [0.1, 0.15) is 19.3 Å². The molecule has 0 aromatic heterocycles. The quantitative estimate of drug-likeness (QED) is 0.573. The average Bonchev–Trinajstić information content (AvgIpc) is 2.70. The van der Waals surface area contributed by atoms with E-state index < -0.39 is 10.0 Å². The van der Waals surface area contributed by atoms with E-state index in [1.807, 2.05) is 0 Å². The summed E-state index contributed by atoms with van der Waals surface area (Å²) in [7, 11) is -3.18. The van der Waals surface area contributed by atoms with E-state index in [9.17, 15) is 13.2 Å². The fourth-order valence-electron chi connectivity index (χ4n) is 2.22. The first-order chi connectivity index (χ1) is 7.94. The molecular formula is C10H22ClN3O3S. The Hall–Kier alpha value is -0.370. The number of carbonyl (C=O) groups is 1. The molecule has 1 rings (SSSR count). The molecule has 1 saturated carbocycles. The van der Waals surface area contributed by atoms with Crippen molar-refractivity contribution in [1.29, 1.82) is 0 Å². The van der Waals surface area contributed by atoms with E-state index in [4.69, 9.17) is 5.73 Å². The second kappa shape index (κ2) is 7.93. The Morgan fingerprint density at radius 2 is 2.00 bits per heavy atom. The van der Waals surface area contributed by atoms with E-state index in [0.29, 0.717) is 13.1 Å². The molecule has 0 aromatic carbocycles. The summed E-state index contributed by atoms with van der Waals surface area (Å²) in [6.07, 6.45) is 4.03. The number of carbonyl (C=O) groups excluding carboxylic acids is 1. The Morgan fingerprint density at radius 3 is 2.56 bits per heavy atom. The first-order valence-corrected chi connectivity index (χ1v) is 7.75. The fraction of sp³-hybridized carbons (Fsp3) is 0.900. The molecule has 0 aliphatic heterocycles. The highest BCUT2D eigenvalue weighted by Crippen LogP contribution is 2.30. The zero-order valence-electron chi connectivity index (χ0n) is 10.5. The van der Waals surface area contributed by atoms with Crippen molar-refractivity contribution in [1.82, 2.24) is 10.0 Å². The molecule has 8 heteroatoms. The average molecular weight is 300 g/mol. The minimum absolute atomic E-state index is 0. The third kappa shape index (κ3) is 5.99. The largest absolute Gasteiger partial charge is 0.355 e. The molecule has 2 atom stereocenters. The summed E-state index contributed by atoms with van der Waals surface area (Å²) in [6, 6.07) is 0. The topological polar surface area (TPSA) is 101 Å². The monoisotopic (exact) mass is 299 g/mol. The lowest BCUT2D eigenvalue weighted by molar-refractivity contribution is -0.125. The van der Waals surface area contributed by atoms with Crippen LogP contribution in [0.15, 0.2) is 0 Å².